The van der Waals surface area contributed by atoms with Crippen LogP contribution in [0.1, 0.15) is 38.4 Å². The monoisotopic (exact) mass is 367 g/mol. The Kier molecular flexibility index (Phi) is 5.35. The molecule has 0 aromatic carbocycles. The number of halogens is 4. The third-order valence-electron chi connectivity index (χ3n) is 3.63. The molecule has 0 N–H and O–H groups in total. The van der Waals surface area contributed by atoms with Crippen molar-refractivity contribution in [2.24, 2.45) is 5.92 Å². The number of alkyl halides is 3. The number of likely N-dealkylation sites (tertiary alicyclic amines) is 1. The van der Waals surface area contributed by atoms with E-state index in [-0.39, 0.29) is 6.04 Å². The van der Waals surface area contributed by atoms with Crippen LogP contribution in [0.15, 0.2) is 10.7 Å². The van der Waals surface area contributed by atoms with Crippen molar-refractivity contribution in [1.29, 1.82) is 0 Å². The molecule has 2 heterocycles. The lowest BCUT2D eigenvalue weighted by molar-refractivity contribution is -0.149. The van der Waals surface area contributed by atoms with Gasteiger partial charge in [-0.25, -0.2) is 0 Å². The maximum Gasteiger partial charge on any atom is 0.401 e. The van der Waals surface area contributed by atoms with Crippen LogP contribution in [-0.4, -0.2) is 40.5 Å². The zero-order valence-corrected chi connectivity index (χ0v) is 13.9. The van der Waals surface area contributed by atoms with Gasteiger partial charge in [-0.15, -0.1) is 0 Å². The fraction of sp³-hybridized carbons (Fsp3) is 0.786. The summed E-state index contributed by atoms with van der Waals surface area (Å²) >= 11 is 3.38. The first-order valence-electron chi connectivity index (χ1n) is 7.27. The molecule has 0 radical (unpaired) electrons. The van der Waals surface area contributed by atoms with Gasteiger partial charge in [0.25, 0.3) is 0 Å². The van der Waals surface area contributed by atoms with Crippen LogP contribution in [0.25, 0.3) is 0 Å². The Balaban J connectivity index is 2.10. The van der Waals surface area contributed by atoms with Crippen LogP contribution in [0.5, 0.6) is 0 Å². The van der Waals surface area contributed by atoms with E-state index in [0.29, 0.717) is 19.0 Å². The molecular weight excluding hydrogens is 347 g/mol. The number of rotatable bonds is 4. The summed E-state index contributed by atoms with van der Waals surface area (Å²) in [5.74, 6) is 0.488. The molecule has 1 atom stereocenters. The van der Waals surface area contributed by atoms with Crippen LogP contribution in [-0.2, 0) is 6.42 Å². The smallest absolute Gasteiger partial charge is 0.293 e. The van der Waals surface area contributed by atoms with E-state index in [4.69, 9.17) is 0 Å². The molecule has 1 saturated heterocycles. The summed E-state index contributed by atoms with van der Waals surface area (Å²) in [5.41, 5.74) is 1.09. The molecule has 2 rings (SSSR count). The summed E-state index contributed by atoms with van der Waals surface area (Å²) in [6, 6.07) is 2.00. The van der Waals surface area contributed by atoms with Gasteiger partial charge < -0.3 is 0 Å². The zero-order chi connectivity index (χ0) is 15.6. The lowest BCUT2D eigenvalue weighted by Gasteiger charge is -2.34. The van der Waals surface area contributed by atoms with Crippen molar-refractivity contribution < 1.29 is 13.2 Å². The molecule has 1 unspecified atom stereocenters. The summed E-state index contributed by atoms with van der Waals surface area (Å²) < 4.78 is 40.3. The SMILES string of the molecule is CC(C)Cc1cc(Br)nn1C1CCCN(CC(F)(F)F)C1. The quantitative estimate of drug-likeness (QED) is 0.800. The standard InChI is InChI=1S/C14H21BrF3N3/c1-10(2)6-12-7-13(15)19-21(12)11-4-3-5-20(8-11)9-14(16,17)18/h7,10-11H,3-6,8-9H2,1-2H3. The fourth-order valence-electron chi connectivity index (χ4n) is 2.91. The normalized spacial score (nSPS) is 21.2. The van der Waals surface area contributed by atoms with E-state index in [1.807, 2.05) is 10.7 Å². The Labute approximate surface area is 131 Å². The molecule has 0 aliphatic carbocycles. The van der Waals surface area contributed by atoms with Gasteiger partial charge in [0.2, 0.25) is 0 Å². The van der Waals surface area contributed by atoms with Crippen molar-refractivity contribution in [3.05, 3.63) is 16.4 Å². The molecule has 0 saturated carbocycles. The molecule has 120 valence electrons. The van der Waals surface area contributed by atoms with Crippen LogP contribution in [0.4, 0.5) is 13.2 Å². The minimum Gasteiger partial charge on any atom is -0.293 e. The molecule has 1 aliphatic heterocycles. The molecule has 7 heteroatoms. The highest BCUT2D eigenvalue weighted by atomic mass is 79.9. The third-order valence-corrected chi connectivity index (χ3v) is 4.02. The molecule has 1 aromatic heterocycles. The van der Waals surface area contributed by atoms with Crippen molar-refractivity contribution in [2.45, 2.75) is 45.3 Å². The number of hydrogen-bond donors (Lipinski definition) is 0. The van der Waals surface area contributed by atoms with Crippen LogP contribution in [0.2, 0.25) is 0 Å². The van der Waals surface area contributed by atoms with Crippen LogP contribution >= 0.6 is 15.9 Å². The van der Waals surface area contributed by atoms with Gasteiger partial charge in [0.15, 0.2) is 0 Å². The Bertz CT molecular complexity index is 471. The first-order valence-corrected chi connectivity index (χ1v) is 8.07. The van der Waals surface area contributed by atoms with E-state index in [0.717, 1.165) is 29.6 Å². The van der Waals surface area contributed by atoms with Gasteiger partial charge in [-0.3, -0.25) is 9.58 Å². The predicted octanol–water partition coefficient (Wildman–Crippen LogP) is 4.04. The second kappa shape index (κ2) is 6.69. The van der Waals surface area contributed by atoms with E-state index in [2.05, 4.69) is 34.9 Å². The van der Waals surface area contributed by atoms with E-state index in [9.17, 15) is 13.2 Å². The lowest BCUT2D eigenvalue weighted by atomic mass is 10.0. The average Bonchev–Trinajstić information content (AvgIpc) is 2.67. The van der Waals surface area contributed by atoms with Gasteiger partial charge in [0.05, 0.1) is 12.6 Å². The van der Waals surface area contributed by atoms with Gasteiger partial charge in [-0.2, -0.15) is 18.3 Å². The molecule has 0 amide bonds. The maximum atomic E-state index is 12.6. The summed E-state index contributed by atoms with van der Waals surface area (Å²) in [7, 11) is 0. The van der Waals surface area contributed by atoms with Gasteiger partial charge in [-0.1, -0.05) is 13.8 Å². The zero-order valence-electron chi connectivity index (χ0n) is 12.3. The molecule has 0 bridgehead atoms. The first kappa shape index (κ1) is 16.8. The molecule has 3 nitrogen and oxygen atoms in total. The number of aromatic nitrogens is 2. The van der Waals surface area contributed by atoms with Crippen molar-refractivity contribution >= 4 is 15.9 Å². The van der Waals surface area contributed by atoms with Gasteiger partial charge in [0.1, 0.15) is 4.60 Å². The molecule has 1 aromatic rings. The molecule has 1 fully saturated rings. The molecule has 1 aliphatic rings. The van der Waals surface area contributed by atoms with Crippen LogP contribution < -0.4 is 0 Å². The molecule has 0 spiro atoms. The Hall–Kier alpha value is -0.560. The van der Waals surface area contributed by atoms with Crippen LogP contribution in [0, 0.1) is 5.92 Å². The second-order valence-electron chi connectivity index (χ2n) is 6.15. The van der Waals surface area contributed by atoms with E-state index < -0.39 is 12.7 Å². The maximum absolute atomic E-state index is 12.6. The van der Waals surface area contributed by atoms with Crippen molar-refractivity contribution in [3.63, 3.8) is 0 Å². The number of nitrogens with zero attached hydrogens (tertiary/aromatic N) is 3. The minimum absolute atomic E-state index is 0.0288. The molecule has 21 heavy (non-hydrogen) atoms. The van der Waals surface area contributed by atoms with Gasteiger partial charge in [-0.05, 0) is 53.7 Å². The highest BCUT2D eigenvalue weighted by Crippen LogP contribution is 2.27. The number of piperidine rings is 1. The summed E-state index contributed by atoms with van der Waals surface area (Å²) in [4.78, 5) is 1.49. The lowest BCUT2D eigenvalue weighted by Crippen LogP contribution is -2.42. The Morgan fingerprint density at radius 1 is 1.43 bits per heavy atom. The van der Waals surface area contributed by atoms with Crippen molar-refractivity contribution in [2.75, 3.05) is 19.6 Å². The Morgan fingerprint density at radius 3 is 2.76 bits per heavy atom. The largest absolute Gasteiger partial charge is 0.401 e. The summed E-state index contributed by atoms with van der Waals surface area (Å²) in [6.45, 7) is 4.35. The summed E-state index contributed by atoms with van der Waals surface area (Å²) in [6.07, 6.45) is -1.59. The fourth-order valence-corrected chi connectivity index (χ4v) is 3.35. The van der Waals surface area contributed by atoms with E-state index in [1.165, 1.54) is 4.90 Å². The third kappa shape index (κ3) is 4.98. The van der Waals surface area contributed by atoms with E-state index in [1.54, 1.807) is 0 Å². The van der Waals surface area contributed by atoms with Crippen molar-refractivity contribution in [3.8, 4) is 0 Å². The number of hydrogen-bond acceptors (Lipinski definition) is 2. The minimum atomic E-state index is -4.13. The Morgan fingerprint density at radius 2 is 2.14 bits per heavy atom. The average molecular weight is 368 g/mol. The van der Waals surface area contributed by atoms with Crippen LogP contribution in [0.3, 0.4) is 0 Å². The highest BCUT2D eigenvalue weighted by Gasteiger charge is 2.34. The predicted molar refractivity (Wildman–Crippen MR) is 79.2 cm³/mol. The second-order valence-corrected chi connectivity index (χ2v) is 6.96. The topological polar surface area (TPSA) is 21.1 Å². The first-order chi connectivity index (χ1) is 9.74. The van der Waals surface area contributed by atoms with Crippen molar-refractivity contribution in [1.82, 2.24) is 14.7 Å². The van der Waals surface area contributed by atoms with Gasteiger partial charge in [0, 0.05) is 12.2 Å². The molecular formula is C14H21BrF3N3. The van der Waals surface area contributed by atoms with E-state index >= 15 is 0 Å². The highest BCUT2D eigenvalue weighted by molar-refractivity contribution is 9.10. The van der Waals surface area contributed by atoms with Gasteiger partial charge >= 0.3 is 6.18 Å². The summed E-state index contributed by atoms with van der Waals surface area (Å²) in [5, 5.41) is 4.44.